The molecule has 0 fully saturated rings. The molecular weight excluding hydrogens is 288 g/mol. The fourth-order valence-corrected chi connectivity index (χ4v) is 1.57. The third-order valence-corrected chi connectivity index (χ3v) is 3.15. The average Bonchev–Trinajstić information content (AvgIpc) is 2.38. The number of ether oxygens (including phenoxy) is 2. The maximum Gasteiger partial charge on any atom is 0.322 e. The summed E-state index contributed by atoms with van der Waals surface area (Å²) in [5.41, 5.74) is 1.02. The molecule has 0 bridgehead atoms. The van der Waals surface area contributed by atoms with Gasteiger partial charge in [-0.2, -0.15) is 0 Å². The van der Waals surface area contributed by atoms with Crippen LogP contribution in [0.5, 0.6) is 0 Å². The van der Waals surface area contributed by atoms with Gasteiger partial charge in [0.2, 0.25) is 0 Å². The molecule has 0 aliphatic heterocycles. The van der Waals surface area contributed by atoms with Gasteiger partial charge in [0.25, 0.3) is 0 Å². The molecule has 17 heavy (non-hydrogen) atoms. The fourth-order valence-electron chi connectivity index (χ4n) is 1.23. The predicted molar refractivity (Wildman–Crippen MR) is 66.8 cm³/mol. The number of esters is 1. The minimum atomic E-state index is -0.925. The van der Waals surface area contributed by atoms with E-state index in [4.69, 9.17) is 4.74 Å². The summed E-state index contributed by atoms with van der Waals surface area (Å²) in [6, 6.07) is 9.61. The van der Waals surface area contributed by atoms with Crippen molar-refractivity contribution >= 4 is 21.9 Å². The standard InChI is InChI=1S/C12H15BrO4/c1-16-12(15)11(13)10(14)8-17-7-9-5-3-2-4-6-9/h2-6,10-11,14H,7-8H2,1H3/t10-,11-/m0/s1. The molecule has 5 heteroatoms. The monoisotopic (exact) mass is 302 g/mol. The van der Waals surface area contributed by atoms with Crippen molar-refractivity contribution in [3.8, 4) is 0 Å². The second-order valence-corrected chi connectivity index (χ2v) is 4.48. The molecule has 0 unspecified atom stereocenters. The van der Waals surface area contributed by atoms with Crippen LogP contribution in [0.1, 0.15) is 5.56 Å². The molecule has 1 N–H and O–H groups in total. The lowest BCUT2D eigenvalue weighted by Crippen LogP contribution is -2.33. The minimum absolute atomic E-state index is 0.0694. The second-order valence-electron chi connectivity index (χ2n) is 3.49. The molecule has 1 aromatic rings. The van der Waals surface area contributed by atoms with E-state index in [1.165, 1.54) is 7.11 Å². The lowest BCUT2D eigenvalue weighted by molar-refractivity contribution is -0.142. The van der Waals surface area contributed by atoms with Crippen molar-refractivity contribution in [1.29, 1.82) is 0 Å². The number of methoxy groups -OCH3 is 1. The van der Waals surface area contributed by atoms with Gasteiger partial charge < -0.3 is 14.6 Å². The highest BCUT2D eigenvalue weighted by Gasteiger charge is 2.24. The number of hydrogen-bond acceptors (Lipinski definition) is 4. The van der Waals surface area contributed by atoms with Crippen LogP contribution in [0.25, 0.3) is 0 Å². The minimum Gasteiger partial charge on any atom is -0.468 e. The Morgan fingerprint density at radius 2 is 2.06 bits per heavy atom. The Morgan fingerprint density at radius 1 is 1.41 bits per heavy atom. The van der Waals surface area contributed by atoms with Crippen LogP contribution in [0.3, 0.4) is 0 Å². The van der Waals surface area contributed by atoms with E-state index in [0.717, 1.165) is 5.56 Å². The highest BCUT2D eigenvalue weighted by Crippen LogP contribution is 2.09. The predicted octanol–water partition coefficient (Wildman–Crippen LogP) is 1.50. The molecule has 0 spiro atoms. The third kappa shape index (κ3) is 4.85. The Morgan fingerprint density at radius 3 is 2.65 bits per heavy atom. The van der Waals surface area contributed by atoms with E-state index in [9.17, 15) is 9.90 Å². The smallest absolute Gasteiger partial charge is 0.322 e. The SMILES string of the molecule is COC(=O)[C@@H](Br)[C@@H](O)COCc1ccccc1. The van der Waals surface area contributed by atoms with E-state index < -0.39 is 16.9 Å². The first-order valence-corrected chi connectivity index (χ1v) is 6.08. The van der Waals surface area contributed by atoms with Crippen molar-refractivity contribution in [2.75, 3.05) is 13.7 Å². The molecule has 0 amide bonds. The van der Waals surface area contributed by atoms with E-state index >= 15 is 0 Å². The molecule has 2 atom stereocenters. The zero-order valence-corrected chi connectivity index (χ0v) is 11.1. The van der Waals surface area contributed by atoms with Crippen LogP contribution >= 0.6 is 15.9 Å². The summed E-state index contributed by atoms with van der Waals surface area (Å²) >= 11 is 3.05. The van der Waals surface area contributed by atoms with Gasteiger partial charge in [-0.1, -0.05) is 46.3 Å². The van der Waals surface area contributed by atoms with Gasteiger partial charge in [0.15, 0.2) is 0 Å². The van der Waals surface area contributed by atoms with Crippen molar-refractivity contribution in [2.45, 2.75) is 17.5 Å². The first-order valence-electron chi connectivity index (χ1n) is 5.16. The van der Waals surface area contributed by atoms with Crippen molar-refractivity contribution in [1.82, 2.24) is 0 Å². The zero-order chi connectivity index (χ0) is 12.7. The van der Waals surface area contributed by atoms with Crippen LogP contribution in [0.4, 0.5) is 0 Å². The lowest BCUT2D eigenvalue weighted by atomic mass is 10.2. The Balaban J connectivity index is 2.29. The lowest BCUT2D eigenvalue weighted by Gasteiger charge is -2.15. The van der Waals surface area contributed by atoms with Gasteiger partial charge in [-0.3, -0.25) is 4.79 Å². The van der Waals surface area contributed by atoms with E-state index in [1.807, 2.05) is 30.3 Å². The normalized spacial score (nSPS) is 14.1. The summed E-state index contributed by atoms with van der Waals surface area (Å²) in [7, 11) is 1.27. The molecular formula is C12H15BrO4. The third-order valence-electron chi connectivity index (χ3n) is 2.16. The number of aliphatic hydroxyl groups is 1. The van der Waals surface area contributed by atoms with Crippen LogP contribution in [-0.4, -0.2) is 35.7 Å². The maximum atomic E-state index is 11.1. The Kier molecular flexibility index (Phi) is 6.18. The van der Waals surface area contributed by atoms with Crippen LogP contribution in [0.15, 0.2) is 30.3 Å². The largest absolute Gasteiger partial charge is 0.468 e. The molecule has 0 aliphatic rings. The van der Waals surface area contributed by atoms with Gasteiger partial charge in [0, 0.05) is 0 Å². The zero-order valence-electron chi connectivity index (χ0n) is 9.51. The van der Waals surface area contributed by atoms with Crippen molar-refractivity contribution < 1.29 is 19.4 Å². The van der Waals surface area contributed by atoms with Crippen molar-refractivity contribution in [2.24, 2.45) is 0 Å². The fraction of sp³-hybridized carbons (Fsp3) is 0.417. The van der Waals surface area contributed by atoms with Gasteiger partial charge in [-0.15, -0.1) is 0 Å². The number of alkyl halides is 1. The van der Waals surface area contributed by atoms with Crippen molar-refractivity contribution in [3.05, 3.63) is 35.9 Å². The van der Waals surface area contributed by atoms with Crippen LogP contribution in [0.2, 0.25) is 0 Å². The summed E-state index contributed by atoms with van der Waals surface area (Å²) in [5.74, 6) is -0.513. The molecule has 0 saturated carbocycles. The molecule has 0 aromatic heterocycles. The second kappa shape index (κ2) is 7.42. The molecule has 4 nitrogen and oxygen atoms in total. The van der Waals surface area contributed by atoms with Gasteiger partial charge in [-0.25, -0.2) is 0 Å². The van der Waals surface area contributed by atoms with E-state index in [0.29, 0.717) is 6.61 Å². The van der Waals surface area contributed by atoms with Crippen LogP contribution < -0.4 is 0 Å². The van der Waals surface area contributed by atoms with E-state index in [-0.39, 0.29) is 6.61 Å². The first kappa shape index (κ1) is 14.2. The van der Waals surface area contributed by atoms with Crippen molar-refractivity contribution in [3.63, 3.8) is 0 Å². The van der Waals surface area contributed by atoms with Crippen LogP contribution in [-0.2, 0) is 20.9 Å². The van der Waals surface area contributed by atoms with E-state index in [2.05, 4.69) is 20.7 Å². The average molecular weight is 303 g/mol. The molecule has 0 heterocycles. The number of benzene rings is 1. The van der Waals surface area contributed by atoms with Crippen LogP contribution in [0, 0.1) is 0 Å². The Labute approximate surface area is 109 Å². The number of carbonyl (C=O) groups excluding carboxylic acids is 1. The van der Waals surface area contributed by atoms with Gasteiger partial charge in [-0.05, 0) is 5.56 Å². The Hall–Kier alpha value is -0.910. The topological polar surface area (TPSA) is 55.8 Å². The highest BCUT2D eigenvalue weighted by molar-refractivity contribution is 9.10. The maximum absolute atomic E-state index is 11.1. The molecule has 1 rings (SSSR count). The van der Waals surface area contributed by atoms with Gasteiger partial charge >= 0.3 is 5.97 Å². The van der Waals surface area contributed by atoms with Gasteiger partial charge in [0.05, 0.1) is 20.3 Å². The number of halogens is 1. The summed E-state index contributed by atoms with van der Waals surface area (Å²) in [5, 5.41) is 9.62. The highest BCUT2D eigenvalue weighted by atomic mass is 79.9. The summed E-state index contributed by atoms with van der Waals surface area (Å²) in [4.78, 5) is 10.3. The number of aliphatic hydroxyl groups excluding tert-OH is 1. The number of rotatable bonds is 6. The molecule has 1 aromatic carbocycles. The first-order chi connectivity index (χ1) is 8.15. The van der Waals surface area contributed by atoms with E-state index in [1.54, 1.807) is 0 Å². The quantitative estimate of drug-likeness (QED) is 0.639. The molecule has 94 valence electrons. The summed E-state index contributed by atoms with van der Waals surface area (Å²) in [6.07, 6.45) is -0.925. The Bertz CT molecular complexity index is 342. The summed E-state index contributed by atoms with van der Waals surface area (Å²) < 4.78 is 9.81. The number of carbonyl (C=O) groups is 1. The molecule has 0 radical (unpaired) electrons. The van der Waals surface area contributed by atoms with Gasteiger partial charge in [0.1, 0.15) is 10.9 Å². The number of hydrogen-bond donors (Lipinski definition) is 1. The summed E-state index contributed by atoms with van der Waals surface area (Å²) in [6.45, 7) is 0.471. The molecule has 0 aliphatic carbocycles. The molecule has 0 saturated heterocycles.